The molecule has 0 bridgehead atoms. The van der Waals surface area contributed by atoms with Crippen LogP contribution in [0, 0.1) is 0 Å². The Hall–Kier alpha value is -6.15. The van der Waals surface area contributed by atoms with Crippen molar-refractivity contribution in [1.29, 1.82) is 0 Å². The number of carbonyl (C=O) groups excluding carboxylic acids is 1. The molecule has 1 fully saturated rings. The van der Waals surface area contributed by atoms with E-state index in [-0.39, 0.29) is 12.5 Å². The van der Waals surface area contributed by atoms with E-state index in [9.17, 15) is 14.7 Å². The molecule has 1 aliphatic carbocycles. The predicted molar refractivity (Wildman–Crippen MR) is 200 cm³/mol. The van der Waals surface area contributed by atoms with Gasteiger partial charge in [0.1, 0.15) is 11.9 Å². The Morgan fingerprint density at radius 1 is 0.706 bits per heavy atom. The second kappa shape index (κ2) is 14.0. The van der Waals surface area contributed by atoms with Gasteiger partial charge in [0, 0.05) is 29.2 Å². The van der Waals surface area contributed by atoms with Crippen LogP contribution in [0.15, 0.2) is 128 Å². The van der Waals surface area contributed by atoms with Crippen LogP contribution in [0.25, 0.3) is 55.8 Å². The number of imidazole rings is 1. The average molecular weight is 672 g/mol. The highest BCUT2D eigenvalue weighted by Gasteiger charge is 2.25. The molecule has 7 aromatic rings. The third-order valence-electron chi connectivity index (χ3n) is 9.87. The first-order valence-corrected chi connectivity index (χ1v) is 17.5. The first-order valence-electron chi connectivity index (χ1n) is 17.5. The van der Waals surface area contributed by atoms with Gasteiger partial charge in [-0.15, -0.1) is 0 Å². The number of nitrogens with zero attached hydrogens (tertiary/aromatic N) is 4. The first kappa shape index (κ1) is 32.1. The van der Waals surface area contributed by atoms with Crippen molar-refractivity contribution in [3.63, 3.8) is 0 Å². The number of carbonyl (C=O) groups is 2. The van der Waals surface area contributed by atoms with Crippen LogP contribution in [0.4, 0.5) is 0 Å². The topological polar surface area (TPSA) is 110 Å². The fraction of sp³-hybridized carbons (Fsp3) is 0.186. The van der Waals surface area contributed by atoms with Crippen LogP contribution in [0.5, 0.6) is 0 Å². The number of fused-ring (bicyclic) bond motifs is 2. The van der Waals surface area contributed by atoms with Crippen LogP contribution in [0.3, 0.4) is 0 Å². The molecular weight excluding hydrogens is 635 g/mol. The maximum Gasteiger partial charge on any atom is 0.326 e. The molecule has 2 N–H and O–H groups in total. The van der Waals surface area contributed by atoms with Crippen LogP contribution in [0.2, 0.25) is 0 Å². The third-order valence-corrected chi connectivity index (χ3v) is 9.87. The van der Waals surface area contributed by atoms with Crippen LogP contribution in [-0.4, -0.2) is 42.5 Å². The average Bonchev–Trinajstić information content (AvgIpc) is 3.57. The molecule has 1 amide bonds. The number of aromatic nitrogens is 4. The lowest BCUT2D eigenvalue weighted by molar-refractivity contribution is -0.139. The van der Waals surface area contributed by atoms with E-state index in [0.29, 0.717) is 11.1 Å². The molecule has 2 heterocycles. The Bertz CT molecular complexity index is 2350. The molecule has 8 nitrogen and oxygen atoms in total. The van der Waals surface area contributed by atoms with Crippen molar-refractivity contribution < 1.29 is 14.7 Å². The van der Waals surface area contributed by atoms with E-state index >= 15 is 0 Å². The lowest BCUT2D eigenvalue weighted by Gasteiger charge is -2.25. The van der Waals surface area contributed by atoms with Gasteiger partial charge in [0.05, 0.1) is 34.0 Å². The van der Waals surface area contributed by atoms with Crippen LogP contribution in [0.1, 0.15) is 54.1 Å². The zero-order valence-electron chi connectivity index (χ0n) is 28.1. The van der Waals surface area contributed by atoms with E-state index in [4.69, 9.17) is 15.0 Å². The number of hydrogen-bond donors (Lipinski definition) is 2. The molecule has 8 heteroatoms. The van der Waals surface area contributed by atoms with E-state index in [1.165, 1.54) is 6.42 Å². The minimum absolute atomic E-state index is 0.163. The quantitative estimate of drug-likeness (QED) is 0.159. The van der Waals surface area contributed by atoms with Crippen LogP contribution >= 0.6 is 0 Å². The second-order valence-corrected chi connectivity index (χ2v) is 13.3. The van der Waals surface area contributed by atoms with Crippen molar-refractivity contribution in [3.8, 4) is 33.8 Å². The van der Waals surface area contributed by atoms with Crippen molar-refractivity contribution in [2.45, 2.75) is 50.6 Å². The number of benzene rings is 5. The van der Waals surface area contributed by atoms with Crippen LogP contribution < -0.4 is 5.32 Å². The van der Waals surface area contributed by atoms with Gasteiger partial charge in [0.25, 0.3) is 5.91 Å². The lowest BCUT2D eigenvalue weighted by atomic mass is 9.94. The lowest BCUT2D eigenvalue weighted by Crippen LogP contribution is -2.42. The first-order chi connectivity index (χ1) is 25.0. The molecule has 51 heavy (non-hydrogen) atoms. The van der Waals surface area contributed by atoms with E-state index < -0.39 is 17.9 Å². The summed E-state index contributed by atoms with van der Waals surface area (Å²) >= 11 is 0. The molecule has 1 unspecified atom stereocenters. The molecule has 1 aliphatic rings. The number of rotatable bonds is 9. The fourth-order valence-corrected chi connectivity index (χ4v) is 7.19. The summed E-state index contributed by atoms with van der Waals surface area (Å²) in [6.07, 6.45) is 7.61. The summed E-state index contributed by atoms with van der Waals surface area (Å²) in [5, 5.41) is 12.8. The van der Waals surface area contributed by atoms with Crippen molar-refractivity contribution in [1.82, 2.24) is 24.8 Å². The van der Waals surface area contributed by atoms with Gasteiger partial charge in [-0.1, -0.05) is 104 Å². The summed E-state index contributed by atoms with van der Waals surface area (Å²) in [4.78, 5) is 40.6. The maximum atomic E-state index is 13.5. The fourth-order valence-electron chi connectivity index (χ4n) is 7.19. The molecule has 0 aliphatic heterocycles. The normalized spacial score (nSPS) is 14.0. The van der Waals surface area contributed by atoms with E-state index in [1.807, 2.05) is 109 Å². The molecule has 252 valence electrons. The van der Waals surface area contributed by atoms with Crippen molar-refractivity contribution in [2.75, 3.05) is 0 Å². The Morgan fingerprint density at radius 2 is 1.39 bits per heavy atom. The molecule has 0 spiro atoms. The standard InChI is InChI=1S/C43H37N5O3/c49-42(47-38(43(50)51)24-28-16-18-30(19-17-28)29-10-4-1-5-11-29)33-21-23-40-37(26-33)46-41(48(40)34-14-8-3-9-15-34)32-20-22-35-36(25-32)44-27-39(45-35)31-12-6-2-7-13-31/h1-2,4-7,10-13,16-23,25-27,34,38H,3,8-9,14-15,24H2,(H,47,49)(H,50,51). The number of aliphatic carboxylic acids is 1. The van der Waals surface area contributed by atoms with Crippen LogP contribution in [-0.2, 0) is 11.2 Å². The van der Waals surface area contributed by atoms with Gasteiger partial charge in [0.15, 0.2) is 0 Å². The second-order valence-electron chi connectivity index (χ2n) is 13.3. The third kappa shape index (κ3) is 6.73. The molecule has 0 saturated heterocycles. The summed E-state index contributed by atoms with van der Waals surface area (Å²) in [5.41, 5.74) is 9.32. The highest BCUT2D eigenvalue weighted by Crippen LogP contribution is 2.37. The van der Waals surface area contributed by atoms with Crippen molar-refractivity contribution >= 4 is 33.9 Å². The largest absolute Gasteiger partial charge is 0.480 e. The summed E-state index contributed by atoms with van der Waals surface area (Å²) in [7, 11) is 0. The van der Waals surface area contributed by atoms with Gasteiger partial charge in [-0.3, -0.25) is 9.78 Å². The number of hydrogen-bond acceptors (Lipinski definition) is 5. The van der Waals surface area contributed by atoms with Gasteiger partial charge in [-0.25, -0.2) is 14.8 Å². The van der Waals surface area contributed by atoms with E-state index in [1.54, 1.807) is 18.3 Å². The van der Waals surface area contributed by atoms with Crippen molar-refractivity contribution in [3.05, 3.63) is 139 Å². The van der Waals surface area contributed by atoms with Gasteiger partial charge >= 0.3 is 5.97 Å². The highest BCUT2D eigenvalue weighted by atomic mass is 16.4. The summed E-state index contributed by atoms with van der Waals surface area (Å²) < 4.78 is 2.32. The summed E-state index contributed by atoms with van der Waals surface area (Å²) in [6, 6.07) is 38.6. The molecular formula is C43H37N5O3. The molecule has 1 atom stereocenters. The minimum atomic E-state index is -1.09. The highest BCUT2D eigenvalue weighted by molar-refractivity contribution is 5.99. The Labute approximate surface area is 295 Å². The zero-order valence-corrected chi connectivity index (χ0v) is 28.1. The maximum absolute atomic E-state index is 13.5. The number of carboxylic acid groups (broad SMARTS) is 1. The molecule has 5 aromatic carbocycles. The Kier molecular flexibility index (Phi) is 8.80. The minimum Gasteiger partial charge on any atom is -0.480 e. The monoisotopic (exact) mass is 671 g/mol. The SMILES string of the molecule is O=C(NC(Cc1ccc(-c2ccccc2)cc1)C(=O)O)c1ccc2c(c1)nc(-c1ccc3nc(-c4ccccc4)cnc3c1)n2C1CCCCC1. The predicted octanol–water partition coefficient (Wildman–Crippen LogP) is 8.91. The van der Waals surface area contributed by atoms with Gasteiger partial charge in [0.2, 0.25) is 0 Å². The summed E-state index contributed by atoms with van der Waals surface area (Å²) in [6.45, 7) is 0. The zero-order chi connectivity index (χ0) is 34.7. The molecule has 8 rings (SSSR count). The Balaban J connectivity index is 1.08. The molecule has 2 aromatic heterocycles. The van der Waals surface area contributed by atoms with E-state index in [2.05, 4.69) is 9.88 Å². The van der Waals surface area contributed by atoms with Gasteiger partial charge < -0.3 is 15.0 Å². The van der Waals surface area contributed by atoms with E-state index in [0.717, 1.165) is 81.6 Å². The molecule has 1 saturated carbocycles. The summed E-state index contributed by atoms with van der Waals surface area (Å²) in [5.74, 6) is -0.711. The smallest absolute Gasteiger partial charge is 0.326 e. The van der Waals surface area contributed by atoms with Crippen molar-refractivity contribution in [2.24, 2.45) is 0 Å². The number of nitrogens with one attached hydrogen (secondary N) is 1. The van der Waals surface area contributed by atoms with Gasteiger partial charge in [-0.2, -0.15) is 0 Å². The number of amides is 1. The number of carboxylic acids is 1. The molecule has 0 radical (unpaired) electrons. The van der Waals surface area contributed by atoms with Gasteiger partial charge in [-0.05, 0) is 65.9 Å². The Morgan fingerprint density at radius 3 is 2.12 bits per heavy atom.